The largest absolute Gasteiger partial charge is 0.442 e. The molecule has 2 amide bonds. The van der Waals surface area contributed by atoms with Crippen molar-refractivity contribution in [1.29, 1.82) is 0 Å². The Morgan fingerprint density at radius 3 is 2.45 bits per heavy atom. The summed E-state index contributed by atoms with van der Waals surface area (Å²) in [5.74, 6) is -2.17. The Hall–Kier alpha value is -3.34. The van der Waals surface area contributed by atoms with Gasteiger partial charge >= 0.3 is 6.09 Å². The number of aromatic nitrogens is 1. The SMILES string of the molecule is CC(=O)NC[C@H]1CN(c2ccc(N3CCN(Cc4c(F)cc(F)cc4F)CC3)nc2)C(=O)O1. The fourth-order valence-electron chi connectivity index (χ4n) is 3.90. The van der Waals surface area contributed by atoms with E-state index in [1.807, 2.05) is 9.80 Å². The summed E-state index contributed by atoms with van der Waals surface area (Å²) < 4.78 is 46.2. The van der Waals surface area contributed by atoms with Crippen molar-refractivity contribution in [3.05, 3.63) is 53.5 Å². The van der Waals surface area contributed by atoms with E-state index >= 15 is 0 Å². The standard InChI is InChI=1S/C22H24F3N5O3/c1-14(31)26-11-17-12-30(22(32)33-17)16-2-3-21(27-10-16)29-6-4-28(5-7-29)13-18-19(24)8-15(23)9-20(18)25/h2-3,8-10,17H,4-7,11-13H2,1H3,(H,26,31)/t17-/m0/s1. The lowest BCUT2D eigenvalue weighted by molar-refractivity contribution is -0.119. The third-order valence-electron chi connectivity index (χ3n) is 5.68. The van der Waals surface area contributed by atoms with Crippen molar-refractivity contribution in [2.75, 3.05) is 49.1 Å². The predicted octanol–water partition coefficient (Wildman–Crippen LogP) is 2.28. The van der Waals surface area contributed by atoms with Crippen molar-refractivity contribution >= 4 is 23.5 Å². The highest BCUT2D eigenvalue weighted by Crippen LogP contribution is 2.24. The summed E-state index contributed by atoms with van der Waals surface area (Å²) in [5.41, 5.74) is 0.455. The Morgan fingerprint density at radius 1 is 1.15 bits per heavy atom. The molecule has 1 aromatic carbocycles. The number of benzene rings is 1. The van der Waals surface area contributed by atoms with Gasteiger partial charge in [0, 0.05) is 57.3 Å². The number of hydrogen-bond acceptors (Lipinski definition) is 6. The van der Waals surface area contributed by atoms with Crippen LogP contribution >= 0.6 is 0 Å². The number of cyclic esters (lactones) is 1. The monoisotopic (exact) mass is 463 g/mol. The molecule has 3 heterocycles. The molecular weight excluding hydrogens is 439 g/mol. The van der Waals surface area contributed by atoms with Crippen molar-refractivity contribution in [2.45, 2.75) is 19.6 Å². The first-order chi connectivity index (χ1) is 15.8. The molecule has 0 unspecified atom stereocenters. The highest BCUT2D eigenvalue weighted by molar-refractivity contribution is 5.89. The number of ether oxygens (including phenoxy) is 1. The fourth-order valence-corrected chi connectivity index (χ4v) is 3.90. The number of nitrogens with one attached hydrogen (secondary N) is 1. The van der Waals surface area contributed by atoms with E-state index in [2.05, 4.69) is 10.3 Å². The zero-order valence-electron chi connectivity index (χ0n) is 18.1. The minimum absolute atomic E-state index is 0.0644. The van der Waals surface area contributed by atoms with Gasteiger partial charge in [-0.15, -0.1) is 0 Å². The van der Waals surface area contributed by atoms with Gasteiger partial charge in [0.25, 0.3) is 0 Å². The maximum Gasteiger partial charge on any atom is 0.414 e. The summed E-state index contributed by atoms with van der Waals surface area (Å²) in [6.45, 7) is 4.34. The van der Waals surface area contributed by atoms with E-state index in [0.717, 1.165) is 5.82 Å². The highest BCUT2D eigenvalue weighted by Gasteiger charge is 2.32. The molecule has 2 aliphatic rings. The molecule has 8 nitrogen and oxygen atoms in total. The van der Waals surface area contributed by atoms with Crippen LogP contribution in [0.25, 0.3) is 0 Å². The lowest BCUT2D eigenvalue weighted by Crippen LogP contribution is -2.46. The van der Waals surface area contributed by atoms with E-state index in [4.69, 9.17) is 4.74 Å². The van der Waals surface area contributed by atoms with Gasteiger partial charge < -0.3 is 15.0 Å². The number of rotatable bonds is 6. The maximum atomic E-state index is 13.9. The van der Waals surface area contributed by atoms with Gasteiger partial charge in [0.1, 0.15) is 29.4 Å². The van der Waals surface area contributed by atoms with Gasteiger partial charge in [0.2, 0.25) is 5.91 Å². The van der Waals surface area contributed by atoms with Gasteiger partial charge in [-0.2, -0.15) is 0 Å². The summed E-state index contributed by atoms with van der Waals surface area (Å²) >= 11 is 0. The van der Waals surface area contributed by atoms with Gasteiger partial charge in [0.15, 0.2) is 0 Å². The first-order valence-electron chi connectivity index (χ1n) is 10.6. The van der Waals surface area contributed by atoms with E-state index in [-0.39, 0.29) is 24.6 Å². The fraction of sp³-hybridized carbons (Fsp3) is 0.409. The van der Waals surface area contributed by atoms with E-state index in [0.29, 0.717) is 50.5 Å². The van der Waals surface area contributed by atoms with Gasteiger partial charge in [-0.25, -0.2) is 22.9 Å². The van der Waals surface area contributed by atoms with E-state index < -0.39 is 29.6 Å². The molecule has 2 saturated heterocycles. The third kappa shape index (κ3) is 5.36. The van der Waals surface area contributed by atoms with Gasteiger partial charge in [-0.05, 0) is 12.1 Å². The molecule has 0 radical (unpaired) electrons. The Morgan fingerprint density at radius 2 is 1.85 bits per heavy atom. The van der Waals surface area contributed by atoms with Crippen LogP contribution in [-0.2, 0) is 16.1 Å². The van der Waals surface area contributed by atoms with Crippen LogP contribution < -0.4 is 15.1 Å². The number of carbonyl (C=O) groups excluding carboxylic acids is 2. The van der Waals surface area contributed by atoms with E-state index in [1.54, 1.807) is 18.3 Å². The Labute approximate surface area is 188 Å². The normalized spacial score (nSPS) is 19.0. The lowest BCUT2D eigenvalue weighted by atomic mass is 10.1. The molecule has 1 N–H and O–H groups in total. The lowest BCUT2D eigenvalue weighted by Gasteiger charge is -2.35. The van der Waals surface area contributed by atoms with Crippen LogP contribution in [-0.4, -0.2) is 67.3 Å². The first kappa shape index (κ1) is 22.8. The smallest absolute Gasteiger partial charge is 0.414 e. The van der Waals surface area contributed by atoms with Crippen molar-refractivity contribution in [3.63, 3.8) is 0 Å². The van der Waals surface area contributed by atoms with Gasteiger partial charge in [-0.3, -0.25) is 14.6 Å². The second-order valence-corrected chi connectivity index (χ2v) is 8.04. The number of halogens is 3. The molecule has 1 atom stereocenters. The number of piperazine rings is 1. The van der Waals surface area contributed by atoms with Crippen molar-refractivity contribution in [3.8, 4) is 0 Å². The second-order valence-electron chi connectivity index (χ2n) is 8.04. The summed E-state index contributed by atoms with van der Waals surface area (Å²) in [6.07, 6.45) is 0.672. The molecule has 0 spiro atoms. The number of amides is 2. The summed E-state index contributed by atoms with van der Waals surface area (Å²) in [4.78, 5) is 33.1. The van der Waals surface area contributed by atoms with Crippen LogP contribution in [0.2, 0.25) is 0 Å². The average Bonchev–Trinajstić information content (AvgIpc) is 3.16. The number of anilines is 2. The van der Waals surface area contributed by atoms with Crippen LogP contribution in [0.1, 0.15) is 12.5 Å². The number of nitrogens with zero attached hydrogens (tertiary/aromatic N) is 4. The minimum Gasteiger partial charge on any atom is -0.442 e. The second kappa shape index (κ2) is 9.65. The molecule has 2 fully saturated rings. The maximum absolute atomic E-state index is 13.9. The average molecular weight is 463 g/mol. The van der Waals surface area contributed by atoms with Crippen molar-refractivity contribution < 1.29 is 27.5 Å². The molecule has 0 saturated carbocycles. The van der Waals surface area contributed by atoms with Crippen LogP contribution in [0.4, 0.5) is 29.5 Å². The molecule has 11 heteroatoms. The minimum atomic E-state index is -0.932. The molecule has 2 aliphatic heterocycles. The van der Waals surface area contributed by atoms with E-state index in [1.165, 1.54) is 11.8 Å². The van der Waals surface area contributed by atoms with Crippen molar-refractivity contribution in [2.24, 2.45) is 0 Å². The molecule has 33 heavy (non-hydrogen) atoms. The predicted molar refractivity (Wildman–Crippen MR) is 114 cm³/mol. The highest BCUT2D eigenvalue weighted by atomic mass is 19.1. The Kier molecular flexibility index (Phi) is 6.68. The van der Waals surface area contributed by atoms with Crippen LogP contribution in [0.3, 0.4) is 0 Å². The molecule has 176 valence electrons. The molecule has 0 aliphatic carbocycles. The topological polar surface area (TPSA) is 78.0 Å². The number of pyridine rings is 1. The zero-order valence-corrected chi connectivity index (χ0v) is 18.1. The quantitative estimate of drug-likeness (QED) is 0.709. The summed E-state index contributed by atoms with van der Waals surface area (Å²) in [5, 5.41) is 2.63. The number of hydrogen-bond donors (Lipinski definition) is 1. The Bertz CT molecular complexity index is 1010. The van der Waals surface area contributed by atoms with Crippen LogP contribution in [0.5, 0.6) is 0 Å². The van der Waals surface area contributed by atoms with E-state index in [9.17, 15) is 22.8 Å². The summed E-state index contributed by atoms with van der Waals surface area (Å²) in [6, 6.07) is 4.97. The third-order valence-corrected chi connectivity index (χ3v) is 5.68. The van der Waals surface area contributed by atoms with Crippen LogP contribution in [0.15, 0.2) is 30.5 Å². The molecule has 1 aromatic heterocycles. The summed E-state index contributed by atoms with van der Waals surface area (Å²) in [7, 11) is 0. The molecule has 0 bridgehead atoms. The molecule has 2 aromatic rings. The Balaban J connectivity index is 1.32. The number of carbonyl (C=O) groups is 2. The van der Waals surface area contributed by atoms with Crippen molar-refractivity contribution in [1.82, 2.24) is 15.2 Å². The molecule has 4 rings (SSSR count). The first-order valence-corrected chi connectivity index (χ1v) is 10.6. The molecular formula is C22H24F3N5O3. The van der Waals surface area contributed by atoms with Gasteiger partial charge in [-0.1, -0.05) is 0 Å². The van der Waals surface area contributed by atoms with Gasteiger partial charge in [0.05, 0.1) is 25.0 Å². The van der Waals surface area contributed by atoms with Crippen LogP contribution in [0, 0.1) is 17.5 Å². The zero-order chi connectivity index (χ0) is 23.5.